The molecule has 0 aromatic rings. The van der Waals surface area contributed by atoms with Crippen LogP contribution in [0.4, 0.5) is 0 Å². The van der Waals surface area contributed by atoms with E-state index in [1.807, 2.05) is 0 Å². The zero-order valence-electron chi connectivity index (χ0n) is 19.9. The number of hydrogen-bond acceptors (Lipinski definition) is 5. The molecular weight excluding hydrogens is 392 g/mol. The van der Waals surface area contributed by atoms with Gasteiger partial charge in [0.05, 0.1) is 12.7 Å². The Morgan fingerprint density at radius 3 is 1.71 bits per heavy atom. The van der Waals surface area contributed by atoms with Crippen molar-refractivity contribution in [1.29, 1.82) is 0 Å². The van der Waals surface area contributed by atoms with Crippen molar-refractivity contribution in [2.45, 2.75) is 122 Å². The van der Waals surface area contributed by atoms with Crippen molar-refractivity contribution < 1.29 is 23.8 Å². The molecule has 1 unspecified atom stereocenters. The van der Waals surface area contributed by atoms with Crippen LogP contribution in [0.1, 0.15) is 116 Å². The molecule has 1 heterocycles. The SMILES string of the molecule is CCCCCCCCCCCCCCCCCOC(=O)/C=C/C(=O)OCC1CCCO1. The molecule has 0 saturated carbocycles. The predicted molar refractivity (Wildman–Crippen MR) is 125 cm³/mol. The summed E-state index contributed by atoms with van der Waals surface area (Å²) >= 11 is 0. The Bertz CT molecular complexity index is 468. The molecule has 0 N–H and O–H groups in total. The first-order valence-corrected chi connectivity index (χ1v) is 12.9. The van der Waals surface area contributed by atoms with Crippen LogP contribution < -0.4 is 0 Å². The molecule has 1 atom stereocenters. The summed E-state index contributed by atoms with van der Waals surface area (Å²) in [7, 11) is 0. The summed E-state index contributed by atoms with van der Waals surface area (Å²) in [6.45, 7) is 3.65. The highest BCUT2D eigenvalue weighted by Gasteiger charge is 2.16. The standard InChI is InChI=1S/C26H46O5/c1-2-3-4-5-6-7-8-9-10-11-12-13-14-15-16-21-30-25(27)19-20-26(28)31-23-24-18-17-22-29-24/h19-20,24H,2-18,21-23H2,1H3/b20-19+. The van der Waals surface area contributed by atoms with E-state index in [0.717, 1.165) is 44.4 Å². The smallest absolute Gasteiger partial charge is 0.331 e. The van der Waals surface area contributed by atoms with Crippen LogP contribution in [-0.2, 0) is 23.8 Å². The van der Waals surface area contributed by atoms with Gasteiger partial charge in [-0.2, -0.15) is 0 Å². The van der Waals surface area contributed by atoms with Crippen LogP contribution in [-0.4, -0.2) is 37.9 Å². The maximum atomic E-state index is 11.6. The number of rotatable bonds is 20. The third-order valence-electron chi connectivity index (χ3n) is 5.78. The van der Waals surface area contributed by atoms with E-state index in [1.54, 1.807) is 0 Å². The fraction of sp³-hybridized carbons (Fsp3) is 0.846. The van der Waals surface area contributed by atoms with Crippen molar-refractivity contribution >= 4 is 11.9 Å². The van der Waals surface area contributed by atoms with Crippen molar-refractivity contribution in [3.05, 3.63) is 12.2 Å². The van der Waals surface area contributed by atoms with E-state index in [-0.39, 0.29) is 12.7 Å². The zero-order valence-corrected chi connectivity index (χ0v) is 19.9. The number of carbonyl (C=O) groups is 2. The first kappa shape index (κ1) is 27.7. The first-order chi connectivity index (χ1) is 15.2. The number of carbonyl (C=O) groups excluding carboxylic acids is 2. The Balaban J connectivity index is 1.80. The maximum Gasteiger partial charge on any atom is 0.331 e. The number of ether oxygens (including phenoxy) is 3. The second-order valence-corrected chi connectivity index (χ2v) is 8.72. The van der Waals surface area contributed by atoms with Crippen LogP contribution in [0.3, 0.4) is 0 Å². The minimum atomic E-state index is -0.528. The molecule has 0 radical (unpaired) electrons. The highest BCUT2D eigenvalue weighted by molar-refractivity contribution is 5.91. The number of esters is 2. The fourth-order valence-corrected chi connectivity index (χ4v) is 3.83. The summed E-state index contributed by atoms with van der Waals surface area (Å²) in [5.41, 5.74) is 0. The third kappa shape index (κ3) is 18.0. The van der Waals surface area contributed by atoms with E-state index in [1.165, 1.54) is 83.5 Å². The predicted octanol–water partition coefficient (Wildman–Crippen LogP) is 6.68. The molecular formula is C26H46O5. The van der Waals surface area contributed by atoms with Crippen molar-refractivity contribution in [2.24, 2.45) is 0 Å². The lowest BCUT2D eigenvalue weighted by atomic mass is 10.0. The normalized spacial score (nSPS) is 16.1. The molecule has 0 aromatic heterocycles. The molecule has 0 amide bonds. The van der Waals surface area contributed by atoms with Gasteiger partial charge >= 0.3 is 11.9 Å². The zero-order chi connectivity index (χ0) is 22.4. The topological polar surface area (TPSA) is 61.8 Å². The molecule has 1 aliphatic rings. The van der Waals surface area contributed by atoms with Crippen molar-refractivity contribution in [1.82, 2.24) is 0 Å². The molecule has 5 nitrogen and oxygen atoms in total. The van der Waals surface area contributed by atoms with Crippen LogP contribution in [0.25, 0.3) is 0 Å². The summed E-state index contributed by atoms with van der Waals surface area (Å²) in [4.78, 5) is 23.2. The van der Waals surface area contributed by atoms with Gasteiger partial charge in [0.1, 0.15) is 6.61 Å². The fourth-order valence-electron chi connectivity index (χ4n) is 3.83. The van der Waals surface area contributed by atoms with Crippen LogP contribution in [0, 0.1) is 0 Å². The van der Waals surface area contributed by atoms with Gasteiger partial charge in [0.2, 0.25) is 0 Å². The van der Waals surface area contributed by atoms with E-state index in [4.69, 9.17) is 14.2 Å². The summed E-state index contributed by atoms with van der Waals surface area (Å²) in [6.07, 6.45) is 23.8. The second kappa shape index (κ2) is 20.5. The maximum absolute atomic E-state index is 11.6. The minimum Gasteiger partial charge on any atom is -0.463 e. The summed E-state index contributed by atoms with van der Waals surface area (Å²) in [5, 5.41) is 0. The van der Waals surface area contributed by atoms with Crippen molar-refractivity contribution in [3.8, 4) is 0 Å². The molecule has 0 aliphatic carbocycles. The molecule has 180 valence electrons. The van der Waals surface area contributed by atoms with Crippen molar-refractivity contribution in [3.63, 3.8) is 0 Å². The second-order valence-electron chi connectivity index (χ2n) is 8.72. The summed E-state index contributed by atoms with van der Waals surface area (Å²) in [5.74, 6) is -1.01. The van der Waals surface area contributed by atoms with Gasteiger partial charge in [-0.05, 0) is 19.3 Å². The van der Waals surface area contributed by atoms with Gasteiger partial charge < -0.3 is 14.2 Å². The summed E-state index contributed by atoms with van der Waals surface area (Å²) < 4.78 is 15.6. The Kier molecular flexibility index (Phi) is 18.3. The molecule has 31 heavy (non-hydrogen) atoms. The molecule has 0 aromatic carbocycles. The molecule has 0 spiro atoms. The van der Waals surface area contributed by atoms with E-state index in [0.29, 0.717) is 6.61 Å². The Labute approximate surface area is 190 Å². The Hall–Kier alpha value is -1.36. The van der Waals surface area contributed by atoms with Crippen molar-refractivity contribution in [2.75, 3.05) is 19.8 Å². The molecule has 1 saturated heterocycles. The lowest BCUT2D eigenvalue weighted by Crippen LogP contribution is -2.16. The molecule has 1 fully saturated rings. The van der Waals surface area contributed by atoms with E-state index >= 15 is 0 Å². The third-order valence-corrected chi connectivity index (χ3v) is 5.78. The van der Waals surface area contributed by atoms with E-state index in [2.05, 4.69) is 6.92 Å². The number of unbranched alkanes of at least 4 members (excludes halogenated alkanes) is 14. The molecule has 5 heteroatoms. The Morgan fingerprint density at radius 2 is 1.23 bits per heavy atom. The lowest BCUT2D eigenvalue weighted by Gasteiger charge is -2.08. The average Bonchev–Trinajstić information content (AvgIpc) is 3.29. The molecule has 1 aliphatic heterocycles. The van der Waals surface area contributed by atoms with Gasteiger partial charge in [0.25, 0.3) is 0 Å². The van der Waals surface area contributed by atoms with Gasteiger partial charge in [0, 0.05) is 18.8 Å². The molecule has 1 rings (SSSR count). The minimum absolute atomic E-state index is 0.00518. The highest BCUT2D eigenvalue weighted by Crippen LogP contribution is 2.14. The largest absolute Gasteiger partial charge is 0.463 e. The monoisotopic (exact) mass is 438 g/mol. The van der Waals surface area contributed by atoms with Gasteiger partial charge in [0.15, 0.2) is 0 Å². The van der Waals surface area contributed by atoms with Crippen LogP contribution in [0.5, 0.6) is 0 Å². The average molecular weight is 439 g/mol. The summed E-state index contributed by atoms with van der Waals surface area (Å²) in [6, 6.07) is 0. The van der Waals surface area contributed by atoms with Gasteiger partial charge in [-0.15, -0.1) is 0 Å². The van der Waals surface area contributed by atoms with Crippen LogP contribution in [0.2, 0.25) is 0 Å². The lowest BCUT2D eigenvalue weighted by molar-refractivity contribution is -0.142. The van der Waals surface area contributed by atoms with Crippen LogP contribution >= 0.6 is 0 Å². The quantitative estimate of drug-likeness (QED) is 0.120. The number of hydrogen-bond donors (Lipinski definition) is 0. The van der Waals surface area contributed by atoms with E-state index < -0.39 is 11.9 Å². The highest BCUT2D eigenvalue weighted by atomic mass is 16.6. The van der Waals surface area contributed by atoms with Gasteiger partial charge in [-0.25, -0.2) is 9.59 Å². The molecule has 0 bridgehead atoms. The van der Waals surface area contributed by atoms with Crippen LogP contribution in [0.15, 0.2) is 12.2 Å². The van der Waals surface area contributed by atoms with Gasteiger partial charge in [-0.1, -0.05) is 96.8 Å². The van der Waals surface area contributed by atoms with Gasteiger partial charge in [-0.3, -0.25) is 0 Å². The Morgan fingerprint density at radius 1 is 0.742 bits per heavy atom. The van der Waals surface area contributed by atoms with E-state index in [9.17, 15) is 9.59 Å². The first-order valence-electron chi connectivity index (χ1n) is 12.9.